The highest BCUT2D eigenvalue weighted by Crippen LogP contribution is 2.29. The predicted molar refractivity (Wildman–Crippen MR) is 111 cm³/mol. The van der Waals surface area contributed by atoms with Crippen LogP contribution in [0.3, 0.4) is 0 Å². The quantitative estimate of drug-likeness (QED) is 0.503. The Labute approximate surface area is 161 Å². The average molecular weight is 373 g/mol. The first-order valence-corrected chi connectivity index (χ1v) is 9.74. The molecule has 27 heavy (non-hydrogen) atoms. The Kier molecular flexibility index (Phi) is 4.94. The van der Waals surface area contributed by atoms with Crippen LogP contribution in [0.2, 0.25) is 0 Å². The van der Waals surface area contributed by atoms with E-state index in [1.54, 1.807) is 17.5 Å². The van der Waals surface area contributed by atoms with Gasteiger partial charge in [-0.05, 0) is 48.4 Å². The van der Waals surface area contributed by atoms with Crippen molar-refractivity contribution >= 4 is 33.3 Å². The first-order chi connectivity index (χ1) is 13.2. The highest BCUT2D eigenvalue weighted by Gasteiger charge is 2.18. The molecule has 2 heterocycles. The maximum absolute atomic E-state index is 12.7. The van der Waals surface area contributed by atoms with Crippen molar-refractivity contribution in [2.75, 3.05) is 5.32 Å². The van der Waals surface area contributed by atoms with Crippen molar-refractivity contribution in [2.45, 2.75) is 19.3 Å². The van der Waals surface area contributed by atoms with Crippen LogP contribution in [0.15, 0.2) is 72.9 Å². The van der Waals surface area contributed by atoms with Crippen molar-refractivity contribution in [1.82, 2.24) is 9.97 Å². The number of carbonyl (C=O) groups is 1. The molecule has 0 spiro atoms. The molecule has 5 heteroatoms. The Bertz CT molecular complexity index is 1020. The number of nitrogens with one attached hydrogen (secondary N) is 1. The zero-order valence-electron chi connectivity index (χ0n) is 14.9. The van der Waals surface area contributed by atoms with Gasteiger partial charge in [0.1, 0.15) is 15.4 Å². The van der Waals surface area contributed by atoms with Gasteiger partial charge in [-0.25, -0.2) is 9.97 Å². The number of aromatic nitrogens is 2. The Balaban J connectivity index is 1.51. The van der Waals surface area contributed by atoms with Gasteiger partial charge in [0.05, 0.1) is 5.92 Å². The molecule has 0 saturated heterocycles. The van der Waals surface area contributed by atoms with Gasteiger partial charge in [0.2, 0.25) is 5.91 Å². The summed E-state index contributed by atoms with van der Waals surface area (Å²) in [5.41, 5.74) is 3.75. The molecule has 1 atom stereocenters. The van der Waals surface area contributed by atoms with E-state index in [9.17, 15) is 4.79 Å². The normalized spacial score (nSPS) is 12.0. The van der Waals surface area contributed by atoms with Gasteiger partial charge in [0.15, 0.2) is 0 Å². The second-order valence-corrected chi connectivity index (χ2v) is 7.26. The summed E-state index contributed by atoms with van der Waals surface area (Å²) in [6, 6.07) is 21.6. The lowest BCUT2D eigenvalue weighted by atomic mass is 9.95. The van der Waals surface area contributed by atoms with Crippen LogP contribution in [0.25, 0.3) is 20.9 Å². The molecule has 0 aliphatic carbocycles. The Hall–Kier alpha value is -3.05. The van der Waals surface area contributed by atoms with Crippen LogP contribution in [0.5, 0.6) is 0 Å². The molecule has 0 bridgehead atoms. The van der Waals surface area contributed by atoms with E-state index in [1.165, 1.54) is 0 Å². The summed E-state index contributed by atoms with van der Waals surface area (Å²) in [6.45, 7) is 2.03. The van der Waals surface area contributed by atoms with Crippen LogP contribution >= 0.6 is 11.3 Å². The second kappa shape index (κ2) is 7.68. The van der Waals surface area contributed by atoms with Gasteiger partial charge >= 0.3 is 0 Å². The number of rotatable bonds is 5. The molecule has 2 aromatic heterocycles. The fourth-order valence-corrected chi connectivity index (χ4v) is 3.99. The van der Waals surface area contributed by atoms with Crippen molar-refractivity contribution in [3.8, 4) is 10.6 Å². The number of benzene rings is 2. The number of anilines is 1. The smallest absolute Gasteiger partial charge is 0.231 e. The molecule has 134 valence electrons. The summed E-state index contributed by atoms with van der Waals surface area (Å²) in [5.74, 6) is -0.137. The first-order valence-electron chi connectivity index (χ1n) is 8.92. The maximum atomic E-state index is 12.7. The van der Waals surface area contributed by atoms with Crippen LogP contribution in [0.4, 0.5) is 5.69 Å². The minimum absolute atomic E-state index is 0.0145. The van der Waals surface area contributed by atoms with E-state index in [0.29, 0.717) is 0 Å². The third-order valence-electron chi connectivity index (χ3n) is 4.49. The molecule has 0 unspecified atom stereocenters. The first kappa shape index (κ1) is 17.4. The molecule has 4 aromatic rings. The maximum Gasteiger partial charge on any atom is 0.231 e. The summed E-state index contributed by atoms with van der Waals surface area (Å²) in [6.07, 6.45) is 2.53. The van der Waals surface area contributed by atoms with Crippen LogP contribution in [0.1, 0.15) is 24.8 Å². The van der Waals surface area contributed by atoms with E-state index in [2.05, 4.69) is 15.3 Å². The van der Waals surface area contributed by atoms with Gasteiger partial charge in [-0.2, -0.15) is 0 Å². The highest BCUT2D eigenvalue weighted by molar-refractivity contribution is 7.21. The molecule has 0 aliphatic rings. The second-order valence-electron chi connectivity index (χ2n) is 6.28. The molecule has 2 aromatic carbocycles. The van der Waals surface area contributed by atoms with E-state index in [0.717, 1.165) is 38.6 Å². The topological polar surface area (TPSA) is 54.9 Å². The third kappa shape index (κ3) is 3.73. The molecule has 0 saturated carbocycles. The molecule has 1 amide bonds. The summed E-state index contributed by atoms with van der Waals surface area (Å²) < 4.78 is 0. The van der Waals surface area contributed by atoms with Gasteiger partial charge in [-0.3, -0.25) is 4.79 Å². The lowest BCUT2D eigenvalue weighted by Gasteiger charge is -2.15. The Morgan fingerprint density at radius 3 is 2.52 bits per heavy atom. The zero-order valence-corrected chi connectivity index (χ0v) is 15.7. The van der Waals surface area contributed by atoms with Crippen LogP contribution in [-0.2, 0) is 4.79 Å². The van der Waals surface area contributed by atoms with Crippen LogP contribution in [-0.4, -0.2) is 15.9 Å². The van der Waals surface area contributed by atoms with Gasteiger partial charge in [0.25, 0.3) is 0 Å². The number of carbonyl (C=O) groups excluding carboxylic acids is 1. The number of thiazole rings is 1. The lowest BCUT2D eigenvalue weighted by Crippen LogP contribution is -2.20. The fourth-order valence-electron chi connectivity index (χ4n) is 3.08. The summed E-state index contributed by atoms with van der Waals surface area (Å²) in [4.78, 5) is 22.6. The predicted octanol–water partition coefficient (Wildman–Crippen LogP) is 5.49. The number of nitrogens with zero attached hydrogens (tertiary/aromatic N) is 2. The standard InChI is InChI=1S/C22H19N3OS/c1-2-18(15-7-4-3-5-8-15)20(26)24-17-12-10-16(11-13-17)21-25-19-9-6-14-23-22(19)27-21/h3-14,18H,2H2,1H3,(H,24,26)/t18-/m0/s1. The summed E-state index contributed by atoms with van der Waals surface area (Å²) in [7, 11) is 0. The summed E-state index contributed by atoms with van der Waals surface area (Å²) >= 11 is 1.57. The molecule has 4 nitrogen and oxygen atoms in total. The fraction of sp³-hybridized carbons (Fsp3) is 0.136. The molecular formula is C22H19N3OS. The van der Waals surface area contributed by atoms with Crippen molar-refractivity contribution in [3.63, 3.8) is 0 Å². The third-order valence-corrected chi connectivity index (χ3v) is 5.52. The van der Waals surface area contributed by atoms with Crippen LogP contribution < -0.4 is 5.32 Å². The monoisotopic (exact) mass is 373 g/mol. The average Bonchev–Trinajstić information content (AvgIpc) is 3.14. The van der Waals surface area contributed by atoms with E-state index >= 15 is 0 Å². The Morgan fingerprint density at radius 2 is 1.81 bits per heavy atom. The van der Waals surface area contributed by atoms with Crippen molar-refractivity contribution in [3.05, 3.63) is 78.5 Å². The van der Waals surface area contributed by atoms with E-state index in [1.807, 2.05) is 73.7 Å². The van der Waals surface area contributed by atoms with Gasteiger partial charge < -0.3 is 5.32 Å². The SMILES string of the molecule is CC[C@H](C(=O)Nc1ccc(-c2nc3cccnc3s2)cc1)c1ccccc1. The number of hydrogen-bond donors (Lipinski definition) is 1. The van der Waals surface area contributed by atoms with Crippen LogP contribution in [0, 0.1) is 0 Å². The minimum Gasteiger partial charge on any atom is -0.326 e. The van der Waals surface area contributed by atoms with E-state index < -0.39 is 0 Å². The largest absolute Gasteiger partial charge is 0.326 e. The number of fused-ring (bicyclic) bond motifs is 1. The molecule has 4 rings (SSSR count). The van der Waals surface area contributed by atoms with Crippen molar-refractivity contribution in [2.24, 2.45) is 0 Å². The number of hydrogen-bond acceptors (Lipinski definition) is 4. The van der Waals surface area contributed by atoms with E-state index in [4.69, 9.17) is 0 Å². The molecule has 0 fully saturated rings. The number of pyridine rings is 1. The molecule has 0 aliphatic heterocycles. The summed E-state index contributed by atoms with van der Waals surface area (Å²) in [5, 5.41) is 3.96. The molecule has 1 N–H and O–H groups in total. The van der Waals surface area contributed by atoms with Crippen molar-refractivity contribution in [1.29, 1.82) is 0 Å². The minimum atomic E-state index is -0.152. The molecule has 0 radical (unpaired) electrons. The Morgan fingerprint density at radius 1 is 1.04 bits per heavy atom. The zero-order chi connectivity index (χ0) is 18.6. The van der Waals surface area contributed by atoms with Gasteiger partial charge in [0, 0.05) is 17.4 Å². The van der Waals surface area contributed by atoms with E-state index in [-0.39, 0.29) is 11.8 Å². The van der Waals surface area contributed by atoms with Gasteiger partial charge in [-0.15, -0.1) is 0 Å². The van der Waals surface area contributed by atoms with Gasteiger partial charge in [-0.1, -0.05) is 48.6 Å². The molecular weight excluding hydrogens is 354 g/mol. The van der Waals surface area contributed by atoms with Crippen molar-refractivity contribution < 1.29 is 4.79 Å². The highest BCUT2D eigenvalue weighted by atomic mass is 32.1. The number of amides is 1. The lowest BCUT2D eigenvalue weighted by molar-refractivity contribution is -0.117.